The summed E-state index contributed by atoms with van der Waals surface area (Å²) in [7, 11) is 1.58. The zero-order valence-corrected chi connectivity index (χ0v) is 12.0. The summed E-state index contributed by atoms with van der Waals surface area (Å²) in [5, 5.41) is 10.8. The molecule has 0 radical (unpaired) electrons. The van der Waals surface area contributed by atoms with Crippen LogP contribution in [0, 0.1) is 5.82 Å². The van der Waals surface area contributed by atoms with Crippen LogP contribution in [0.4, 0.5) is 4.39 Å². The Hall–Kier alpha value is -2.82. The summed E-state index contributed by atoms with van der Waals surface area (Å²) < 4.78 is 18.7. The topological polar surface area (TPSA) is 57.6 Å². The number of hydrogen-bond donors (Lipinski definition) is 2. The van der Waals surface area contributed by atoms with E-state index in [-0.39, 0.29) is 18.2 Å². The molecule has 3 aromatic rings. The number of rotatable bonds is 4. The molecule has 0 atom stereocenters. The van der Waals surface area contributed by atoms with Gasteiger partial charge in [0.2, 0.25) is 0 Å². The molecule has 4 nitrogen and oxygen atoms in total. The number of benzene rings is 2. The van der Waals surface area contributed by atoms with Crippen LogP contribution >= 0.6 is 0 Å². The number of aliphatic imine (C=N–C) groups is 1. The maximum Gasteiger partial charge on any atom is 0.198 e. The average Bonchev–Trinajstić information content (AvgIpc) is 2.84. The number of hydrogen-bond acceptors (Lipinski definition) is 3. The van der Waals surface area contributed by atoms with Crippen LogP contribution in [0.3, 0.4) is 0 Å². The Morgan fingerprint density at radius 2 is 2.09 bits per heavy atom. The molecule has 112 valence electrons. The predicted molar refractivity (Wildman–Crippen MR) is 84.2 cm³/mol. The maximum absolute atomic E-state index is 13.5. The number of methoxy groups -OCH3 is 1. The van der Waals surface area contributed by atoms with Crippen molar-refractivity contribution < 1.29 is 14.2 Å². The Kier molecular flexibility index (Phi) is 3.78. The first-order chi connectivity index (χ1) is 10.7. The summed E-state index contributed by atoms with van der Waals surface area (Å²) >= 11 is 0. The second kappa shape index (κ2) is 5.89. The van der Waals surface area contributed by atoms with E-state index in [2.05, 4.69) is 9.98 Å². The first-order valence-electron chi connectivity index (χ1n) is 6.81. The van der Waals surface area contributed by atoms with Crippen molar-refractivity contribution in [3.8, 4) is 11.6 Å². The van der Waals surface area contributed by atoms with Gasteiger partial charge in [0.15, 0.2) is 5.88 Å². The Morgan fingerprint density at radius 3 is 2.86 bits per heavy atom. The number of nitrogens with one attached hydrogen (secondary N) is 1. The highest BCUT2D eigenvalue weighted by molar-refractivity contribution is 6.02. The number of halogens is 1. The standard InChI is InChI=1S/C17H15FN2O2/c1-22-12-6-7-16-13(8-12)14(17(21)20-16)10-19-9-11-4-2-3-5-15(11)18/h2-8,10,20-21H,9H2,1H3. The number of H-pyrrole nitrogens is 1. The molecule has 0 unspecified atom stereocenters. The van der Waals surface area contributed by atoms with E-state index in [1.165, 1.54) is 6.07 Å². The normalized spacial score (nSPS) is 11.4. The van der Waals surface area contributed by atoms with E-state index < -0.39 is 0 Å². The first kappa shape index (κ1) is 14.1. The van der Waals surface area contributed by atoms with Crippen molar-refractivity contribution in [1.29, 1.82) is 0 Å². The van der Waals surface area contributed by atoms with Gasteiger partial charge in [-0.05, 0) is 24.3 Å². The van der Waals surface area contributed by atoms with Gasteiger partial charge in [0.1, 0.15) is 11.6 Å². The lowest BCUT2D eigenvalue weighted by molar-refractivity contribution is 0.415. The van der Waals surface area contributed by atoms with Crippen molar-refractivity contribution in [2.75, 3.05) is 7.11 Å². The summed E-state index contributed by atoms with van der Waals surface area (Å²) in [6.07, 6.45) is 1.54. The molecule has 2 N–H and O–H groups in total. The third-order valence-corrected chi connectivity index (χ3v) is 3.46. The van der Waals surface area contributed by atoms with Crippen molar-refractivity contribution in [1.82, 2.24) is 4.98 Å². The minimum Gasteiger partial charge on any atom is -0.497 e. The van der Waals surface area contributed by atoms with Crippen LogP contribution in [0.25, 0.3) is 10.9 Å². The molecule has 0 saturated heterocycles. The smallest absolute Gasteiger partial charge is 0.198 e. The summed E-state index contributed by atoms with van der Waals surface area (Å²) in [5.41, 5.74) is 1.85. The van der Waals surface area contributed by atoms with Gasteiger partial charge in [-0.3, -0.25) is 4.99 Å². The number of aromatic amines is 1. The fourth-order valence-electron chi connectivity index (χ4n) is 2.30. The molecule has 5 heteroatoms. The molecule has 0 aliphatic rings. The average molecular weight is 298 g/mol. The summed E-state index contributed by atoms with van der Waals surface area (Å²) in [5.74, 6) is 0.431. The second-order valence-corrected chi connectivity index (χ2v) is 4.86. The highest BCUT2D eigenvalue weighted by Crippen LogP contribution is 2.28. The van der Waals surface area contributed by atoms with E-state index >= 15 is 0 Å². The largest absolute Gasteiger partial charge is 0.497 e. The minimum atomic E-state index is -0.288. The van der Waals surface area contributed by atoms with E-state index in [0.717, 1.165) is 10.9 Å². The molecule has 0 aliphatic carbocycles. The molecule has 1 heterocycles. The molecular weight excluding hydrogens is 283 g/mol. The van der Waals surface area contributed by atoms with Gasteiger partial charge in [0, 0.05) is 22.7 Å². The van der Waals surface area contributed by atoms with Crippen molar-refractivity contribution in [3.05, 3.63) is 59.4 Å². The molecule has 2 aromatic carbocycles. The zero-order chi connectivity index (χ0) is 15.5. The van der Waals surface area contributed by atoms with E-state index in [9.17, 15) is 9.50 Å². The summed E-state index contributed by atoms with van der Waals surface area (Å²) in [6, 6.07) is 11.9. The van der Waals surface area contributed by atoms with Crippen molar-refractivity contribution in [3.63, 3.8) is 0 Å². The van der Waals surface area contributed by atoms with Crippen molar-refractivity contribution >= 4 is 17.1 Å². The lowest BCUT2D eigenvalue weighted by Crippen LogP contribution is -1.88. The third-order valence-electron chi connectivity index (χ3n) is 3.46. The summed E-state index contributed by atoms with van der Waals surface area (Å²) in [6.45, 7) is 0.211. The quantitative estimate of drug-likeness (QED) is 0.722. The first-order valence-corrected chi connectivity index (χ1v) is 6.81. The van der Waals surface area contributed by atoms with Crippen LogP contribution in [0.5, 0.6) is 11.6 Å². The molecule has 0 saturated carbocycles. The van der Waals surface area contributed by atoms with Gasteiger partial charge in [0.05, 0.1) is 19.2 Å². The monoisotopic (exact) mass is 298 g/mol. The number of ether oxygens (including phenoxy) is 1. The van der Waals surface area contributed by atoms with Crippen molar-refractivity contribution in [2.24, 2.45) is 4.99 Å². The van der Waals surface area contributed by atoms with E-state index in [0.29, 0.717) is 16.9 Å². The van der Waals surface area contributed by atoms with E-state index in [4.69, 9.17) is 4.74 Å². The Bertz CT molecular complexity index is 840. The van der Waals surface area contributed by atoms with Gasteiger partial charge in [-0.25, -0.2) is 4.39 Å². The third kappa shape index (κ3) is 2.65. The molecule has 0 aliphatic heterocycles. The van der Waals surface area contributed by atoms with Gasteiger partial charge in [-0.1, -0.05) is 18.2 Å². The molecule has 0 amide bonds. The predicted octanol–water partition coefficient (Wildman–Crippen LogP) is 3.64. The number of aromatic hydroxyl groups is 1. The van der Waals surface area contributed by atoms with Crippen LogP contribution in [0.15, 0.2) is 47.5 Å². The number of nitrogens with zero attached hydrogens (tertiary/aromatic N) is 1. The fraction of sp³-hybridized carbons (Fsp3) is 0.118. The van der Waals surface area contributed by atoms with Gasteiger partial charge in [-0.15, -0.1) is 0 Å². The van der Waals surface area contributed by atoms with Gasteiger partial charge < -0.3 is 14.8 Å². The van der Waals surface area contributed by atoms with Crippen LogP contribution in [0.2, 0.25) is 0 Å². The highest BCUT2D eigenvalue weighted by atomic mass is 19.1. The number of fused-ring (bicyclic) bond motifs is 1. The highest BCUT2D eigenvalue weighted by Gasteiger charge is 2.09. The van der Waals surface area contributed by atoms with E-state index in [1.54, 1.807) is 37.6 Å². The van der Waals surface area contributed by atoms with Crippen molar-refractivity contribution in [2.45, 2.75) is 6.54 Å². The van der Waals surface area contributed by atoms with E-state index in [1.807, 2.05) is 12.1 Å². The SMILES string of the molecule is COc1ccc2[nH]c(O)c(C=NCc3ccccc3F)c2c1. The minimum absolute atomic E-state index is 0.0283. The lowest BCUT2D eigenvalue weighted by atomic mass is 10.1. The lowest BCUT2D eigenvalue weighted by Gasteiger charge is -2.00. The molecule has 0 bridgehead atoms. The number of aromatic nitrogens is 1. The Morgan fingerprint density at radius 1 is 1.27 bits per heavy atom. The molecule has 0 spiro atoms. The van der Waals surface area contributed by atoms with Crippen LogP contribution in [-0.4, -0.2) is 23.4 Å². The Balaban J connectivity index is 1.91. The van der Waals surface area contributed by atoms with Gasteiger partial charge in [0.25, 0.3) is 0 Å². The Labute approximate surface area is 126 Å². The van der Waals surface area contributed by atoms with Crippen LogP contribution < -0.4 is 4.74 Å². The molecule has 22 heavy (non-hydrogen) atoms. The van der Waals surface area contributed by atoms with Crippen LogP contribution in [-0.2, 0) is 6.54 Å². The second-order valence-electron chi connectivity index (χ2n) is 4.86. The van der Waals surface area contributed by atoms with Gasteiger partial charge >= 0.3 is 0 Å². The van der Waals surface area contributed by atoms with Gasteiger partial charge in [-0.2, -0.15) is 0 Å². The molecule has 1 aromatic heterocycles. The van der Waals surface area contributed by atoms with Crippen LogP contribution in [0.1, 0.15) is 11.1 Å². The maximum atomic E-state index is 13.5. The molecule has 0 fully saturated rings. The zero-order valence-electron chi connectivity index (χ0n) is 12.0. The molecule has 3 rings (SSSR count). The fourth-order valence-corrected chi connectivity index (χ4v) is 2.30. The summed E-state index contributed by atoms with van der Waals surface area (Å²) in [4.78, 5) is 7.10. The molecular formula is C17H15FN2O2.